The van der Waals surface area contributed by atoms with Gasteiger partial charge in [0.15, 0.2) is 0 Å². The average Bonchev–Trinajstić information content (AvgIpc) is 2.75. The number of nitrogens with zero attached hydrogens (tertiary/aromatic N) is 1. The zero-order chi connectivity index (χ0) is 13.1. The van der Waals surface area contributed by atoms with Crippen LogP contribution in [0.25, 0.3) is 10.2 Å². The summed E-state index contributed by atoms with van der Waals surface area (Å²) in [5.74, 6) is 0.280. The number of hydrogen-bond acceptors (Lipinski definition) is 4. The molecular weight excluding hydrogens is 246 g/mol. The SMILES string of the molecule is CC(C)C[C@H](N)C(=O)Nc1ccc2ncsc2c1. The molecule has 0 unspecified atom stereocenters. The van der Waals surface area contributed by atoms with E-state index < -0.39 is 6.04 Å². The van der Waals surface area contributed by atoms with Gasteiger partial charge in [-0.3, -0.25) is 4.79 Å². The first-order valence-corrected chi connectivity index (χ1v) is 6.84. The van der Waals surface area contributed by atoms with Crippen LogP contribution in [0.4, 0.5) is 5.69 Å². The Morgan fingerprint density at radius 1 is 1.50 bits per heavy atom. The van der Waals surface area contributed by atoms with Crippen molar-refractivity contribution in [2.24, 2.45) is 11.7 Å². The van der Waals surface area contributed by atoms with Crippen molar-refractivity contribution in [1.29, 1.82) is 0 Å². The number of anilines is 1. The molecule has 1 aromatic carbocycles. The fraction of sp³-hybridized carbons (Fsp3) is 0.385. The Morgan fingerprint density at radius 3 is 3.00 bits per heavy atom. The van der Waals surface area contributed by atoms with E-state index in [4.69, 9.17) is 5.73 Å². The first-order chi connectivity index (χ1) is 8.56. The third-order valence-corrected chi connectivity index (χ3v) is 3.45. The van der Waals surface area contributed by atoms with Gasteiger partial charge in [0.1, 0.15) is 0 Å². The van der Waals surface area contributed by atoms with Crippen molar-refractivity contribution >= 4 is 33.1 Å². The number of amides is 1. The smallest absolute Gasteiger partial charge is 0.241 e. The van der Waals surface area contributed by atoms with E-state index in [1.807, 2.05) is 18.2 Å². The van der Waals surface area contributed by atoms with Gasteiger partial charge in [-0.15, -0.1) is 11.3 Å². The Kier molecular flexibility index (Phi) is 3.93. The number of aromatic nitrogens is 1. The van der Waals surface area contributed by atoms with Gasteiger partial charge >= 0.3 is 0 Å². The van der Waals surface area contributed by atoms with E-state index in [2.05, 4.69) is 24.1 Å². The van der Waals surface area contributed by atoms with E-state index in [-0.39, 0.29) is 5.91 Å². The highest BCUT2D eigenvalue weighted by atomic mass is 32.1. The lowest BCUT2D eigenvalue weighted by molar-refractivity contribution is -0.117. The third kappa shape index (κ3) is 3.05. The molecule has 4 nitrogen and oxygen atoms in total. The fourth-order valence-corrected chi connectivity index (χ4v) is 2.50. The second kappa shape index (κ2) is 5.46. The van der Waals surface area contributed by atoms with Gasteiger partial charge in [-0.05, 0) is 30.5 Å². The lowest BCUT2D eigenvalue weighted by Crippen LogP contribution is -2.36. The molecule has 3 N–H and O–H groups in total. The third-order valence-electron chi connectivity index (χ3n) is 2.66. The van der Waals surface area contributed by atoms with Crippen molar-refractivity contribution in [3.63, 3.8) is 0 Å². The summed E-state index contributed by atoms with van der Waals surface area (Å²) in [5.41, 5.74) is 9.35. The monoisotopic (exact) mass is 263 g/mol. The largest absolute Gasteiger partial charge is 0.325 e. The molecule has 0 saturated carbocycles. The lowest BCUT2D eigenvalue weighted by Gasteiger charge is -2.14. The molecule has 0 aliphatic heterocycles. The van der Waals surface area contributed by atoms with Gasteiger partial charge < -0.3 is 11.1 Å². The summed E-state index contributed by atoms with van der Waals surface area (Å²) < 4.78 is 1.06. The topological polar surface area (TPSA) is 68.0 Å². The van der Waals surface area contributed by atoms with Crippen LogP contribution in [0.3, 0.4) is 0 Å². The Bertz CT molecular complexity index is 550. The van der Waals surface area contributed by atoms with Crippen molar-refractivity contribution in [3.8, 4) is 0 Å². The number of thiazole rings is 1. The summed E-state index contributed by atoms with van der Waals surface area (Å²) in [6.45, 7) is 4.10. The number of benzene rings is 1. The summed E-state index contributed by atoms with van der Waals surface area (Å²) in [6, 6.07) is 5.21. The summed E-state index contributed by atoms with van der Waals surface area (Å²) >= 11 is 1.55. The molecule has 0 spiro atoms. The first kappa shape index (κ1) is 13.0. The van der Waals surface area contributed by atoms with E-state index in [0.717, 1.165) is 15.9 Å². The minimum absolute atomic E-state index is 0.132. The highest BCUT2D eigenvalue weighted by Crippen LogP contribution is 2.22. The van der Waals surface area contributed by atoms with E-state index in [0.29, 0.717) is 12.3 Å². The maximum absolute atomic E-state index is 11.9. The predicted octanol–water partition coefficient (Wildman–Crippen LogP) is 2.61. The molecule has 5 heteroatoms. The molecule has 1 aromatic heterocycles. The molecule has 0 fully saturated rings. The zero-order valence-corrected chi connectivity index (χ0v) is 11.3. The van der Waals surface area contributed by atoms with E-state index in [1.165, 1.54) is 0 Å². The molecule has 1 atom stereocenters. The summed E-state index contributed by atoms with van der Waals surface area (Å²) in [7, 11) is 0. The Morgan fingerprint density at radius 2 is 2.28 bits per heavy atom. The van der Waals surface area contributed by atoms with Gasteiger partial charge in [-0.2, -0.15) is 0 Å². The number of carbonyl (C=O) groups excluding carboxylic acids is 1. The van der Waals surface area contributed by atoms with Crippen LogP contribution < -0.4 is 11.1 Å². The highest BCUT2D eigenvalue weighted by Gasteiger charge is 2.15. The Hall–Kier alpha value is -1.46. The minimum Gasteiger partial charge on any atom is -0.325 e. The van der Waals surface area contributed by atoms with Gasteiger partial charge in [0.05, 0.1) is 21.8 Å². The Labute approximate surface area is 110 Å². The standard InChI is InChI=1S/C13H17N3OS/c1-8(2)5-10(14)13(17)16-9-3-4-11-12(6-9)18-7-15-11/h3-4,6-8,10H,5,14H2,1-2H3,(H,16,17)/t10-/m0/s1. The maximum Gasteiger partial charge on any atom is 0.241 e. The molecule has 0 aliphatic carbocycles. The number of nitrogens with two attached hydrogens (primary N) is 1. The molecule has 1 heterocycles. The second-order valence-electron chi connectivity index (χ2n) is 4.76. The zero-order valence-electron chi connectivity index (χ0n) is 10.5. The van der Waals surface area contributed by atoms with E-state index in [1.54, 1.807) is 16.8 Å². The van der Waals surface area contributed by atoms with Crippen molar-refractivity contribution in [2.45, 2.75) is 26.3 Å². The number of fused-ring (bicyclic) bond motifs is 1. The molecule has 0 bridgehead atoms. The maximum atomic E-state index is 11.9. The average molecular weight is 263 g/mol. The van der Waals surface area contributed by atoms with Crippen molar-refractivity contribution in [1.82, 2.24) is 4.98 Å². The molecule has 0 radical (unpaired) electrons. The van der Waals surface area contributed by atoms with Crippen molar-refractivity contribution < 1.29 is 4.79 Å². The van der Waals surface area contributed by atoms with Gasteiger partial charge in [0, 0.05) is 5.69 Å². The van der Waals surface area contributed by atoms with Crippen LogP contribution in [0.15, 0.2) is 23.7 Å². The van der Waals surface area contributed by atoms with Crippen molar-refractivity contribution in [3.05, 3.63) is 23.7 Å². The molecule has 1 amide bonds. The van der Waals surface area contributed by atoms with Gasteiger partial charge in [-0.1, -0.05) is 13.8 Å². The number of hydrogen-bond donors (Lipinski definition) is 2. The van der Waals surface area contributed by atoms with Crippen molar-refractivity contribution in [2.75, 3.05) is 5.32 Å². The molecule has 2 rings (SSSR count). The fourth-order valence-electron chi connectivity index (χ4n) is 1.78. The quantitative estimate of drug-likeness (QED) is 0.891. The van der Waals surface area contributed by atoms with Crippen LogP contribution in [-0.4, -0.2) is 16.9 Å². The summed E-state index contributed by atoms with van der Waals surface area (Å²) in [6.07, 6.45) is 0.689. The molecule has 0 aliphatic rings. The van der Waals surface area contributed by atoms with Crippen LogP contribution in [0.5, 0.6) is 0 Å². The summed E-state index contributed by atoms with van der Waals surface area (Å²) in [5, 5.41) is 2.84. The number of carbonyl (C=O) groups is 1. The first-order valence-electron chi connectivity index (χ1n) is 5.96. The molecule has 18 heavy (non-hydrogen) atoms. The molecule has 0 saturated heterocycles. The molecular formula is C13H17N3OS. The second-order valence-corrected chi connectivity index (χ2v) is 5.65. The molecule has 2 aromatic rings. The normalized spacial score (nSPS) is 12.9. The molecule has 96 valence electrons. The minimum atomic E-state index is -0.456. The van der Waals surface area contributed by atoms with Crippen LogP contribution in [0.1, 0.15) is 20.3 Å². The number of rotatable bonds is 4. The summed E-state index contributed by atoms with van der Waals surface area (Å²) in [4.78, 5) is 16.1. The predicted molar refractivity (Wildman–Crippen MR) is 75.7 cm³/mol. The van der Waals surface area contributed by atoms with E-state index >= 15 is 0 Å². The van der Waals surface area contributed by atoms with Gasteiger partial charge in [0.25, 0.3) is 0 Å². The van der Waals surface area contributed by atoms with Crippen LogP contribution in [-0.2, 0) is 4.79 Å². The lowest BCUT2D eigenvalue weighted by atomic mass is 10.0. The van der Waals surface area contributed by atoms with E-state index in [9.17, 15) is 4.79 Å². The Balaban J connectivity index is 2.06. The van der Waals surface area contributed by atoms with Crippen LogP contribution in [0, 0.1) is 5.92 Å². The van der Waals surface area contributed by atoms with Crippen LogP contribution >= 0.6 is 11.3 Å². The number of nitrogens with one attached hydrogen (secondary N) is 1. The van der Waals surface area contributed by atoms with Gasteiger partial charge in [0.2, 0.25) is 5.91 Å². The van der Waals surface area contributed by atoms with Gasteiger partial charge in [-0.25, -0.2) is 4.98 Å². The highest BCUT2D eigenvalue weighted by molar-refractivity contribution is 7.16. The van der Waals surface area contributed by atoms with Crippen LogP contribution in [0.2, 0.25) is 0 Å².